The number of allylic oxidation sites excluding steroid dienone is 1. The van der Waals surface area contributed by atoms with Crippen molar-refractivity contribution >= 4 is 5.82 Å². The van der Waals surface area contributed by atoms with E-state index >= 15 is 0 Å². The van der Waals surface area contributed by atoms with Crippen LogP contribution in [0.3, 0.4) is 0 Å². The third-order valence-corrected chi connectivity index (χ3v) is 6.69. The number of nitrogens with zero attached hydrogens (tertiary/aromatic N) is 4. The monoisotopic (exact) mass is 486 g/mol. The van der Waals surface area contributed by atoms with Crippen LogP contribution < -0.4 is 4.90 Å². The van der Waals surface area contributed by atoms with Gasteiger partial charge in [-0.1, -0.05) is 66.2 Å². The molecule has 1 fully saturated rings. The summed E-state index contributed by atoms with van der Waals surface area (Å²) in [4.78, 5) is 14.8. The Hall–Kier alpha value is -3.06. The van der Waals surface area contributed by atoms with Gasteiger partial charge >= 0.3 is 0 Å². The molecule has 190 valence electrons. The molecule has 6 nitrogen and oxygen atoms in total. The van der Waals surface area contributed by atoms with Gasteiger partial charge in [-0.2, -0.15) is 0 Å². The van der Waals surface area contributed by atoms with Crippen molar-refractivity contribution in [2.45, 2.75) is 38.9 Å². The maximum absolute atomic E-state index is 10.4. The SMILES string of the molecule is C=CCCC(O)CN1CCN(c2nc(-c3ccccc3)nc(COC)c2Cc2cccc(C)c2)CC1. The highest BCUT2D eigenvalue weighted by molar-refractivity contribution is 5.61. The lowest BCUT2D eigenvalue weighted by molar-refractivity contribution is 0.103. The molecule has 0 bridgehead atoms. The van der Waals surface area contributed by atoms with E-state index in [9.17, 15) is 5.11 Å². The highest BCUT2D eigenvalue weighted by Gasteiger charge is 2.25. The van der Waals surface area contributed by atoms with Crippen molar-refractivity contribution in [3.8, 4) is 11.4 Å². The van der Waals surface area contributed by atoms with Crippen molar-refractivity contribution in [3.05, 3.63) is 89.6 Å². The van der Waals surface area contributed by atoms with Crippen molar-refractivity contribution in [1.29, 1.82) is 0 Å². The lowest BCUT2D eigenvalue weighted by Gasteiger charge is -2.37. The maximum Gasteiger partial charge on any atom is 0.161 e. The number of anilines is 1. The molecule has 1 N–H and O–H groups in total. The zero-order valence-corrected chi connectivity index (χ0v) is 21.6. The second-order valence-corrected chi connectivity index (χ2v) is 9.57. The quantitative estimate of drug-likeness (QED) is 0.399. The van der Waals surface area contributed by atoms with Crippen LogP contribution in [0.5, 0.6) is 0 Å². The minimum Gasteiger partial charge on any atom is -0.392 e. The molecular weight excluding hydrogens is 448 g/mol. The summed E-state index contributed by atoms with van der Waals surface area (Å²) in [6, 6.07) is 18.8. The van der Waals surface area contributed by atoms with E-state index in [1.54, 1.807) is 7.11 Å². The lowest BCUT2D eigenvalue weighted by atomic mass is 10.0. The Labute approximate surface area is 215 Å². The first-order valence-electron chi connectivity index (χ1n) is 12.8. The van der Waals surface area contributed by atoms with Crippen LogP contribution in [-0.2, 0) is 17.8 Å². The number of piperazine rings is 1. The summed E-state index contributed by atoms with van der Waals surface area (Å²) >= 11 is 0. The molecule has 2 heterocycles. The van der Waals surface area contributed by atoms with Crippen molar-refractivity contribution in [2.24, 2.45) is 0 Å². The summed E-state index contributed by atoms with van der Waals surface area (Å²) in [6.07, 6.45) is 3.91. The van der Waals surface area contributed by atoms with Crippen molar-refractivity contribution in [1.82, 2.24) is 14.9 Å². The zero-order chi connectivity index (χ0) is 25.3. The zero-order valence-electron chi connectivity index (χ0n) is 21.6. The van der Waals surface area contributed by atoms with Gasteiger partial charge in [0.1, 0.15) is 5.82 Å². The molecule has 36 heavy (non-hydrogen) atoms. The van der Waals surface area contributed by atoms with E-state index in [0.29, 0.717) is 13.2 Å². The van der Waals surface area contributed by atoms with Gasteiger partial charge in [-0.3, -0.25) is 4.90 Å². The first-order chi connectivity index (χ1) is 17.6. The molecule has 3 aromatic rings. The molecule has 6 heteroatoms. The lowest BCUT2D eigenvalue weighted by Crippen LogP contribution is -2.49. The third-order valence-electron chi connectivity index (χ3n) is 6.69. The molecule has 0 spiro atoms. The van der Waals surface area contributed by atoms with E-state index in [1.807, 2.05) is 24.3 Å². The van der Waals surface area contributed by atoms with E-state index in [-0.39, 0.29) is 6.10 Å². The summed E-state index contributed by atoms with van der Waals surface area (Å²) in [5, 5.41) is 10.4. The first-order valence-corrected chi connectivity index (χ1v) is 12.8. The summed E-state index contributed by atoms with van der Waals surface area (Å²) in [5.41, 5.74) is 5.55. The number of benzene rings is 2. The minimum absolute atomic E-state index is 0.316. The van der Waals surface area contributed by atoms with Gasteiger partial charge in [0.15, 0.2) is 5.82 Å². The number of aromatic nitrogens is 2. The topological polar surface area (TPSA) is 61.7 Å². The second-order valence-electron chi connectivity index (χ2n) is 9.57. The van der Waals surface area contributed by atoms with Crippen LogP contribution >= 0.6 is 0 Å². The van der Waals surface area contributed by atoms with Gasteiger partial charge in [-0.05, 0) is 25.3 Å². The predicted molar refractivity (Wildman–Crippen MR) is 146 cm³/mol. The van der Waals surface area contributed by atoms with Crippen LogP contribution in [0.2, 0.25) is 0 Å². The number of methoxy groups -OCH3 is 1. The van der Waals surface area contributed by atoms with E-state index in [0.717, 1.165) is 73.9 Å². The van der Waals surface area contributed by atoms with Gasteiger partial charge in [0.05, 0.1) is 18.4 Å². The molecule has 1 unspecified atom stereocenters. The largest absolute Gasteiger partial charge is 0.392 e. The summed E-state index contributed by atoms with van der Waals surface area (Å²) < 4.78 is 5.60. The smallest absolute Gasteiger partial charge is 0.161 e. The van der Waals surface area contributed by atoms with Crippen molar-refractivity contribution in [2.75, 3.05) is 44.7 Å². The number of hydrogen-bond acceptors (Lipinski definition) is 6. The fourth-order valence-corrected chi connectivity index (χ4v) is 4.80. The van der Waals surface area contributed by atoms with Crippen LogP contribution in [0, 0.1) is 6.92 Å². The Kier molecular flexibility index (Phi) is 9.23. The van der Waals surface area contributed by atoms with Crippen molar-refractivity contribution < 1.29 is 9.84 Å². The van der Waals surface area contributed by atoms with E-state index in [4.69, 9.17) is 14.7 Å². The van der Waals surface area contributed by atoms with E-state index in [1.165, 1.54) is 11.1 Å². The summed E-state index contributed by atoms with van der Waals surface area (Å²) in [5.74, 6) is 1.72. The standard InChI is InChI=1S/C30H38N4O2/c1-4-5-14-26(35)21-33-15-17-34(18-16-33)30-27(20-24-11-9-10-23(2)19-24)28(22-36-3)31-29(32-30)25-12-7-6-8-13-25/h4,6-13,19,26,35H,1,5,14-18,20-22H2,2-3H3. The van der Waals surface area contributed by atoms with Gasteiger partial charge in [-0.15, -0.1) is 6.58 Å². The number of aliphatic hydroxyl groups excluding tert-OH is 1. The molecule has 1 aliphatic rings. The number of aliphatic hydroxyl groups is 1. The molecule has 1 aliphatic heterocycles. The van der Waals surface area contributed by atoms with Gasteiger partial charge in [0.2, 0.25) is 0 Å². The van der Waals surface area contributed by atoms with Crippen LogP contribution in [0.15, 0.2) is 67.3 Å². The molecule has 0 radical (unpaired) electrons. The molecular formula is C30H38N4O2. The van der Waals surface area contributed by atoms with Gasteiger partial charge < -0.3 is 14.7 Å². The average molecular weight is 487 g/mol. The van der Waals surface area contributed by atoms with Crippen LogP contribution in [0.4, 0.5) is 5.82 Å². The Bertz CT molecular complexity index is 1130. The Morgan fingerprint density at radius 1 is 1.06 bits per heavy atom. The van der Waals surface area contributed by atoms with E-state index < -0.39 is 0 Å². The number of aryl methyl sites for hydroxylation is 1. The molecule has 0 saturated carbocycles. The Balaban J connectivity index is 1.65. The maximum atomic E-state index is 10.4. The number of ether oxygens (including phenoxy) is 1. The molecule has 0 amide bonds. The molecule has 1 aromatic heterocycles. The van der Waals surface area contributed by atoms with E-state index in [2.05, 4.69) is 59.7 Å². The second kappa shape index (κ2) is 12.8. The van der Waals surface area contributed by atoms with Crippen LogP contribution in [-0.4, -0.2) is 65.9 Å². The summed E-state index contributed by atoms with van der Waals surface area (Å²) in [6.45, 7) is 10.5. The van der Waals surface area contributed by atoms with Crippen molar-refractivity contribution in [3.63, 3.8) is 0 Å². The van der Waals surface area contributed by atoms with Crippen LogP contribution in [0.25, 0.3) is 11.4 Å². The van der Waals surface area contributed by atoms with Gasteiger partial charge in [-0.25, -0.2) is 9.97 Å². The number of β-amino-alcohol motifs (C(OH)–C–C–N with tert-alkyl or cyclic N) is 1. The fraction of sp³-hybridized carbons (Fsp3) is 0.400. The molecule has 0 aliphatic carbocycles. The van der Waals surface area contributed by atoms with Gasteiger partial charge in [0.25, 0.3) is 0 Å². The molecule has 1 atom stereocenters. The Morgan fingerprint density at radius 3 is 2.53 bits per heavy atom. The van der Waals surface area contributed by atoms with Gasteiger partial charge in [0, 0.05) is 57.4 Å². The molecule has 4 rings (SSSR count). The normalized spacial score (nSPS) is 15.1. The first kappa shape index (κ1) is 26.0. The van der Waals surface area contributed by atoms with Crippen LogP contribution in [0.1, 0.15) is 35.2 Å². The highest BCUT2D eigenvalue weighted by Crippen LogP contribution is 2.29. The predicted octanol–water partition coefficient (Wildman–Crippen LogP) is 4.64. The number of rotatable bonds is 11. The molecule has 2 aromatic carbocycles. The number of hydrogen-bond donors (Lipinski definition) is 1. The summed E-state index contributed by atoms with van der Waals surface area (Å²) in [7, 11) is 1.72. The average Bonchev–Trinajstić information content (AvgIpc) is 2.89. The highest BCUT2D eigenvalue weighted by atomic mass is 16.5. The third kappa shape index (κ3) is 6.78. The molecule has 1 saturated heterocycles. The Morgan fingerprint density at radius 2 is 1.83 bits per heavy atom. The minimum atomic E-state index is -0.316. The fourth-order valence-electron chi connectivity index (χ4n) is 4.80.